The molecule has 170 valence electrons. The number of hydrogen-bond acceptors (Lipinski definition) is 6. The van der Waals surface area contributed by atoms with E-state index in [2.05, 4.69) is 22.4 Å². The molecule has 8 heteroatoms. The fraction of sp³-hybridized carbons (Fsp3) is 0.360. The highest BCUT2D eigenvalue weighted by atomic mass is 32.2. The monoisotopic (exact) mass is 480 g/mol. The number of nitrogens with one attached hydrogen (secondary N) is 2. The third kappa shape index (κ3) is 3.85. The van der Waals surface area contributed by atoms with E-state index in [0.29, 0.717) is 22.6 Å². The largest absolute Gasteiger partial charge is 0.508 e. The molecule has 6 rings (SSSR count). The number of rotatable bonds is 5. The highest BCUT2D eigenvalue weighted by Crippen LogP contribution is 2.63. The Kier molecular flexibility index (Phi) is 5.22. The minimum Gasteiger partial charge on any atom is -0.508 e. The lowest BCUT2D eigenvalue weighted by atomic mass is 9.75. The van der Waals surface area contributed by atoms with E-state index in [1.54, 1.807) is 12.1 Å². The summed E-state index contributed by atoms with van der Waals surface area (Å²) in [5, 5.41) is 13.7. The fourth-order valence-corrected chi connectivity index (χ4v) is 8.78. The summed E-state index contributed by atoms with van der Waals surface area (Å²) in [5.74, 6) is 2.85. The maximum atomic E-state index is 12.2. The number of thiazole rings is 1. The van der Waals surface area contributed by atoms with Crippen molar-refractivity contribution in [1.29, 1.82) is 0 Å². The predicted molar refractivity (Wildman–Crippen MR) is 129 cm³/mol. The summed E-state index contributed by atoms with van der Waals surface area (Å²) in [7, 11) is 0. The Hall–Kier alpha value is -2.71. The second kappa shape index (κ2) is 8.25. The minimum absolute atomic E-state index is 0.0319. The molecule has 1 aromatic heterocycles. The molecule has 0 radical (unpaired) electrons. The van der Waals surface area contributed by atoms with Crippen LogP contribution in [0.3, 0.4) is 0 Å². The standard InChI is InChI=1S/C25H24N2O4S2/c28-17-7-5-16(6-8-17)26-19(29)12-31-18-9-3-13(4-10-18)20-21-14-1-2-15(11-14)22(21)32-24-23(20)33-25(30)27-24/h3-10,14-15,20-22,28H,1-2,11-12H2,(H,26,29)(H,27,30)/t14?,15?,20-,21?,22?/m1/s1. The maximum absolute atomic E-state index is 12.2. The molecule has 0 saturated heterocycles. The number of aromatic amines is 1. The number of thioether (sulfide) groups is 1. The van der Waals surface area contributed by atoms with Gasteiger partial charge in [0.1, 0.15) is 11.5 Å². The van der Waals surface area contributed by atoms with Crippen molar-refractivity contribution in [3.8, 4) is 11.5 Å². The zero-order valence-corrected chi connectivity index (χ0v) is 19.5. The van der Waals surface area contributed by atoms with Crippen LogP contribution in [0, 0.1) is 17.8 Å². The van der Waals surface area contributed by atoms with Gasteiger partial charge in [-0.2, -0.15) is 0 Å². The molecule has 2 aliphatic carbocycles. The Bertz CT molecular complexity index is 1230. The van der Waals surface area contributed by atoms with Gasteiger partial charge in [0.2, 0.25) is 0 Å². The molecule has 3 aliphatic rings. The molecular formula is C25H24N2O4S2. The molecule has 2 bridgehead atoms. The summed E-state index contributed by atoms with van der Waals surface area (Å²) in [6, 6.07) is 14.3. The predicted octanol–water partition coefficient (Wildman–Crippen LogP) is 4.81. The number of H-pyrrole nitrogens is 1. The molecule has 1 aliphatic heterocycles. The Morgan fingerprint density at radius 3 is 2.64 bits per heavy atom. The maximum Gasteiger partial charge on any atom is 0.305 e. The highest BCUT2D eigenvalue weighted by Gasteiger charge is 2.54. The van der Waals surface area contributed by atoms with Crippen LogP contribution in [-0.4, -0.2) is 27.9 Å². The number of benzene rings is 2. The molecule has 3 aromatic rings. The van der Waals surface area contributed by atoms with Crippen molar-refractivity contribution < 1.29 is 14.6 Å². The van der Waals surface area contributed by atoms with Crippen molar-refractivity contribution in [2.75, 3.05) is 11.9 Å². The number of phenols is 1. The smallest absolute Gasteiger partial charge is 0.305 e. The van der Waals surface area contributed by atoms with Gasteiger partial charge in [-0.15, -0.1) is 11.8 Å². The van der Waals surface area contributed by atoms with E-state index < -0.39 is 0 Å². The van der Waals surface area contributed by atoms with Crippen LogP contribution in [0.25, 0.3) is 0 Å². The average Bonchev–Trinajstić information content (AvgIpc) is 3.52. The zero-order chi connectivity index (χ0) is 22.5. The van der Waals surface area contributed by atoms with Gasteiger partial charge in [-0.3, -0.25) is 9.59 Å². The van der Waals surface area contributed by atoms with Crippen LogP contribution in [0.15, 0.2) is 58.4 Å². The quantitative estimate of drug-likeness (QED) is 0.456. The van der Waals surface area contributed by atoms with Crippen LogP contribution in [0.5, 0.6) is 11.5 Å². The number of carbonyl (C=O) groups excluding carboxylic acids is 1. The third-order valence-corrected chi connectivity index (χ3v) is 9.85. The number of amides is 1. The summed E-state index contributed by atoms with van der Waals surface area (Å²) in [6.45, 7) is -0.0989. The van der Waals surface area contributed by atoms with Gasteiger partial charge in [-0.05, 0) is 79.0 Å². The fourth-order valence-electron chi connectivity index (χ4n) is 5.88. The minimum atomic E-state index is -0.263. The van der Waals surface area contributed by atoms with Crippen molar-refractivity contribution >= 4 is 34.7 Å². The Morgan fingerprint density at radius 2 is 1.85 bits per heavy atom. The van der Waals surface area contributed by atoms with Crippen molar-refractivity contribution in [2.24, 2.45) is 17.8 Å². The lowest BCUT2D eigenvalue weighted by Crippen LogP contribution is -2.33. The number of hydrogen-bond donors (Lipinski definition) is 3. The van der Waals surface area contributed by atoms with E-state index >= 15 is 0 Å². The molecule has 0 spiro atoms. The van der Waals surface area contributed by atoms with E-state index in [1.807, 2.05) is 23.9 Å². The average molecular weight is 481 g/mol. The van der Waals surface area contributed by atoms with Crippen LogP contribution < -0.4 is 14.9 Å². The van der Waals surface area contributed by atoms with E-state index in [4.69, 9.17) is 4.74 Å². The summed E-state index contributed by atoms with van der Waals surface area (Å²) >= 11 is 3.26. The van der Waals surface area contributed by atoms with Crippen LogP contribution in [0.1, 0.15) is 35.6 Å². The molecular weight excluding hydrogens is 456 g/mol. The molecule has 2 fully saturated rings. The first-order valence-corrected chi connectivity index (χ1v) is 13.0. The second-order valence-corrected chi connectivity index (χ2v) is 11.3. The van der Waals surface area contributed by atoms with Gasteiger partial charge >= 0.3 is 4.87 Å². The van der Waals surface area contributed by atoms with Crippen molar-refractivity contribution in [3.63, 3.8) is 0 Å². The normalized spacial score (nSPS) is 27.1. The first kappa shape index (κ1) is 20.9. The van der Waals surface area contributed by atoms with Crippen molar-refractivity contribution in [1.82, 2.24) is 4.98 Å². The number of aromatic hydroxyl groups is 1. The van der Waals surface area contributed by atoms with Gasteiger partial charge in [0.15, 0.2) is 6.61 Å². The van der Waals surface area contributed by atoms with E-state index in [1.165, 1.54) is 53.2 Å². The molecule has 3 N–H and O–H groups in total. The van der Waals surface area contributed by atoms with Crippen LogP contribution >= 0.6 is 23.1 Å². The third-order valence-electron chi connectivity index (χ3n) is 7.23. The van der Waals surface area contributed by atoms with Gasteiger partial charge in [0, 0.05) is 21.7 Å². The van der Waals surface area contributed by atoms with E-state index in [-0.39, 0.29) is 29.1 Å². The van der Waals surface area contributed by atoms with Gasteiger partial charge in [-0.25, -0.2) is 0 Å². The molecule has 5 atom stereocenters. The Morgan fingerprint density at radius 1 is 1.09 bits per heavy atom. The number of fused-ring (bicyclic) bond motifs is 6. The van der Waals surface area contributed by atoms with Gasteiger partial charge in [0.25, 0.3) is 5.91 Å². The topological polar surface area (TPSA) is 91.4 Å². The molecule has 6 nitrogen and oxygen atoms in total. The molecule has 1 amide bonds. The second-order valence-electron chi connectivity index (χ2n) is 9.13. The molecule has 33 heavy (non-hydrogen) atoms. The highest BCUT2D eigenvalue weighted by molar-refractivity contribution is 8.00. The van der Waals surface area contributed by atoms with E-state index in [0.717, 1.165) is 16.9 Å². The molecule has 2 heterocycles. The van der Waals surface area contributed by atoms with Gasteiger partial charge in [-0.1, -0.05) is 23.5 Å². The van der Waals surface area contributed by atoms with Crippen molar-refractivity contribution in [3.05, 3.63) is 68.6 Å². The number of ether oxygens (including phenoxy) is 1. The number of carbonyl (C=O) groups is 1. The lowest BCUT2D eigenvalue weighted by Gasteiger charge is -2.40. The van der Waals surface area contributed by atoms with E-state index in [9.17, 15) is 14.7 Å². The summed E-state index contributed by atoms with van der Waals surface area (Å²) in [5.41, 5.74) is 1.82. The first-order valence-electron chi connectivity index (χ1n) is 11.3. The number of aromatic nitrogens is 1. The number of phenolic OH excluding ortho intramolecular Hbond substituents is 1. The Balaban J connectivity index is 1.17. The lowest BCUT2D eigenvalue weighted by molar-refractivity contribution is -0.118. The zero-order valence-electron chi connectivity index (χ0n) is 17.8. The number of anilines is 1. The molecule has 2 saturated carbocycles. The van der Waals surface area contributed by atoms with Crippen LogP contribution in [0.4, 0.5) is 5.69 Å². The SMILES string of the molecule is O=C(COc1ccc([C@H]2c3sc(=O)[nH]c3SC3C4CCC(C4)C32)cc1)Nc1ccc(O)cc1. The van der Waals surface area contributed by atoms with Gasteiger partial charge in [0.05, 0.1) is 5.03 Å². The van der Waals surface area contributed by atoms with Crippen LogP contribution in [0.2, 0.25) is 0 Å². The van der Waals surface area contributed by atoms with Crippen molar-refractivity contribution in [2.45, 2.75) is 35.5 Å². The summed E-state index contributed by atoms with van der Waals surface area (Å²) in [4.78, 5) is 28.6. The van der Waals surface area contributed by atoms with Crippen LogP contribution in [-0.2, 0) is 4.79 Å². The molecule has 4 unspecified atom stereocenters. The molecule has 2 aromatic carbocycles. The summed E-state index contributed by atoms with van der Waals surface area (Å²) in [6.07, 6.45) is 3.93. The Labute approximate surface area is 199 Å². The summed E-state index contributed by atoms with van der Waals surface area (Å²) < 4.78 is 5.70. The first-order chi connectivity index (χ1) is 16.0. The van der Waals surface area contributed by atoms with Gasteiger partial charge < -0.3 is 20.1 Å².